The summed E-state index contributed by atoms with van der Waals surface area (Å²) < 4.78 is 62.5. The van der Waals surface area contributed by atoms with E-state index in [0.29, 0.717) is 0 Å². The number of benzene rings is 2. The van der Waals surface area contributed by atoms with E-state index < -0.39 is 14.2 Å². The molecule has 0 atom stereocenters. The van der Waals surface area contributed by atoms with E-state index in [-0.39, 0.29) is 32.0 Å². The van der Waals surface area contributed by atoms with Gasteiger partial charge in [0.25, 0.3) is 0 Å². The fourth-order valence-corrected chi connectivity index (χ4v) is 6.37. The van der Waals surface area contributed by atoms with E-state index in [2.05, 4.69) is 90.1 Å². The van der Waals surface area contributed by atoms with E-state index in [1.54, 1.807) is 7.14 Å². The van der Waals surface area contributed by atoms with Crippen molar-refractivity contribution in [1.82, 2.24) is 0 Å². The van der Waals surface area contributed by atoms with E-state index in [4.69, 9.17) is 0 Å². The van der Waals surface area contributed by atoms with Crippen molar-refractivity contribution >= 4 is 14.2 Å². The second-order valence-corrected chi connectivity index (χ2v) is 15.4. The Labute approximate surface area is 174 Å². The average Bonchev–Trinajstić information content (AvgIpc) is 2.43. The van der Waals surface area contributed by atoms with Crippen LogP contribution in [0.5, 0.6) is 0 Å². The average molecular weight is 582 g/mol. The van der Waals surface area contributed by atoms with Crippen LogP contribution in [0.1, 0.15) is 52.7 Å². The fourth-order valence-electron chi connectivity index (χ4n) is 2.41. The normalized spacial score (nSPS) is 15.1. The Morgan fingerprint density at radius 3 is 1.07 bits per heavy atom. The SMILES string of the molecule is CC(C)(C)c1ccccc1[I+]c1ccccc1C(C)(C)C.F[As-](F)(F)(F)(F)F. The van der Waals surface area contributed by atoms with Gasteiger partial charge in [-0.1, -0.05) is 77.9 Å². The van der Waals surface area contributed by atoms with Gasteiger partial charge in [0.1, 0.15) is 0 Å². The van der Waals surface area contributed by atoms with E-state index in [1.807, 2.05) is 0 Å². The molecule has 0 aliphatic carbocycles. The second kappa shape index (κ2) is 7.53. The van der Waals surface area contributed by atoms with E-state index in [1.165, 1.54) is 11.1 Å². The molecule has 0 aliphatic rings. The predicted octanol–water partition coefficient (Wildman–Crippen LogP) is 4.55. The van der Waals surface area contributed by atoms with Crippen LogP contribution >= 0.6 is 0 Å². The number of hydrogen-bond donors (Lipinski definition) is 0. The summed E-state index contributed by atoms with van der Waals surface area (Å²) in [5.74, 6) is 0. The minimum atomic E-state index is -11.1. The van der Waals surface area contributed by atoms with Crippen LogP contribution in [-0.2, 0) is 10.8 Å². The van der Waals surface area contributed by atoms with Crippen LogP contribution in [0, 0.1) is 7.14 Å². The van der Waals surface area contributed by atoms with Crippen molar-refractivity contribution < 1.29 is 42.0 Å². The summed E-state index contributed by atoms with van der Waals surface area (Å²) in [4.78, 5) is 0. The fraction of sp³-hybridized carbons (Fsp3) is 0.400. The van der Waals surface area contributed by atoms with Crippen molar-refractivity contribution in [1.29, 1.82) is 0 Å². The van der Waals surface area contributed by atoms with Crippen molar-refractivity contribution in [3.63, 3.8) is 0 Å². The van der Waals surface area contributed by atoms with Crippen molar-refractivity contribution in [2.75, 3.05) is 0 Å². The standard InChI is InChI=1S/C20H26I.AsF6/c1-19(2,3)15-11-7-9-13-17(15)21-18-14-10-8-12-16(18)20(4,5)6;2-1(3,4,5,6)7/h7-14H,1-6H3;/q+1;-1. The van der Waals surface area contributed by atoms with E-state index in [9.17, 15) is 20.8 Å². The molecule has 0 aromatic heterocycles. The van der Waals surface area contributed by atoms with Crippen LogP contribution in [0.4, 0.5) is 20.8 Å². The van der Waals surface area contributed by atoms with Crippen LogP contribution in [-0.4, -0.2) is 14.2 Å². The molecule has 28 heavy (non-hydrogen) atoms. The molecular formula is C20H26AsF6I. The number of rotatable bonds is 2. The zero-order valence-electron chi connectivity index (χ0n) is 16.7. The molecule has 0 amide bonds. The second-order valence-electron chi connectivity index (χ2n) is 8.51. The van der Waals surface area contributed by atoms with Gasteiger partial charge in [-0.3, -0.25) is 0 Å². The summed E-state index contributed by atoms with van der Waals surface area (Å²) in [7, 11) is 0. The van der Waals surface area contributed by atoms with Crippen molar-refractivity contribution in [3.8, 4) is 0 Å². The van der Waals surface area contributed by atoms with Gasteiger partial charge < -0.3 is 0 Å². The van der Waals surface area contributed by atoms with Crippen LogP contribution < -0.4 is 21.2 Å². The Hall–Kier alpha value is -0.692. The molecule has 2 aromatic carbocycles. The van der Waals surface area contributed by atoms with Crippen LogP contribution in [0.15, 0.2) is 48.5 Å². The molecule has 2 rings (SSSR count). The van der Waals surface area contributed by atoms with Gasteiger partial charge in [0.05, 0.1) is 0 Å². The molecule has 8 heteroatoms. The Kier molecular flexibility index (Phi) is 6.82. The monoisotopic (exact) mass is 582 g/mol. The van der Waals surface area contributed by atoms with Gasteiger partial charge in [0.2, 0.25) is 0 Å². The first-order valence-electron chi connectivity index (χ1n) is 8.55. The molecule has 0 fully saturated rings. The van der Waals surface area contributed by atoms with Crippen LogP contribution in [0.3, 0.4) is 0 Å². The summed E-state index contributed by atoms with van der Waals surface area (Å²) in [6.07, 6.45) is 0. The first-order valence-corrected chi connectivity index (χ1v) is 15.0. The maximum atomic E-state index is 9.91. The Morgan fingerprint density at radius 2 is 0.821 bits per heavy atom. The minimum absolute atomic E-state index is 0.147. The molecule has 0 bridgehead atoms. The van der Waals surface area contributed by atoms with Gasteiger partial charge in [0, 0.05) is 11.1 Å². The van der Waals surface area contributed by atoms with E-state index >= 15 is 0 Å². The van der Waals surface area contributed by atoms with Gasteiger partial charge in [-0.15, -0.1) is 0 Å². The van der Waals surface area contributed by atoms with Crippen molar-refractivity contribution in [2.24, 2.45) is 0 Å². The molecular weight excluding hydrogens is 556 g/mol. The van der Waals surface area contributed by atoms with Gasteiger partial charge in [-0.05, 0) is 23.0 Å². The molecule has 0 N–H and O–H groups in total. The first-order chi connectivity index (χ1) is 12.1. The molecule has 2 aromatic rings. The molecule has 0 unspecified atom stereocenters. The number of halogens is 7. The molecule has 0 saturated carbocycles. The van der Waals surface area contributed by atoms with Gasteiger partial charge >= 0.3 is 56.2 Å². The molecule has 0 heterocycles. The van der Waals surface area contributed by atoms with E-state index in [0.717, 1.165) is 0 Å². The molecule has 0 radical (unpaired) electrons. The molecule has 0 saturated heterocycles. The molecule has 0 spiro atoms. The van der Waals surface area contributed by atoms with Gasteiger partial charge in [-0.2, -0.15) is 0 Å². The summed E-state index contributed by atoms with van der Waals surface area (Å²) >= 11 is -11.2. The summed E-state index contributed by atoms with van der Waals surface area (Å²) in [6.45, 7) is 13.9. The quantitative estimate of drug-likeness (QED) is 0.277. The van der Waals surface area contributed by atoms with Crippen molar-refractivity contribution in [3.05, 3.63) is 66.8 Å². The molecule has 160 valence electrons. The van der Waals surface area contributed by atoms with Gasteiger partial charge in [0.15, 0.2) is 7.14 Å². The van der Waals surface area contributed by atoms with Crippen LogP contribution in [0.2, 0.25) is 0 Å². The summed E-state index contributed by atoms with van der Waals surface area (Å²) in [6, 6.07) is 18.0. The molecule has 0 aliphatic heterocycles. The number of hydrogen-bond acceptors (Lipinski definition) is 0. The Morgan fingerprint density at radius 1 is 0.571 bits per heavy atom. The Bertz CT molecular complexity index is 748. The summed E-state index contributed by atoms with van der Waals surface area (Å²) in [5, 5.41) is 0. The topological polar surface area (TPSA) is 0 Å². The van der Waals surface area contributed by atoms with Gasteiger partial charge in [-0.25, -0.2) is 0 Å². The summed E-state index contributed by atoms with van der Waals surface area (Å²) in [5.41, 5.74) is 3.43. The zero-order chi connectivity index (χ0) is 22.1. The third-order valence-corrected chi connectivity index (χ3v) is 6.61. The van der Waals surface area contributed by atoms with Crippen LogP contribution in [0.25, 0.3) is 0 Å². The molecule has 0 nitrogen and oxygen atoms in total. The first kappa shape index (κ1) is 25.3. The third kappa shape index (κ3) is 10.7. The maximum absolute atomic E-state index is 11.1. The third-order valence-electron chi connectivity index (χ3n) is 3.57. The zero-order valence-corrected chi connectivity index (χ0v) is 20.7. The Balaban J connectivity index is 0.000000480. The van der Waals surface area contributed by atoms with Crippen molar-refractivity contribution in [2.45, 2.75) is 52.4 Å². The predicted molar refractivity (Wildman–Crippen MR) is 100 cm³/mol.